The van der Waals surface area contributed by atoms with Gasteiger partial charge in [-0.25, -0.2) is 0 Å². The van der Waals surface area contributed by atoms with Crippen LogP contribution in [0.4, 0.5) is 11.4 Å². The van der Waals surface area contributed by atoms with Gasteiger partial charge in [0.25, 0.3) is 0 Å². The molecular weight excluding hydrogens is 364 g/mol. The molecule has 3 rings (SSSR count). The number of aryl methyl sites for hydroxylation is 1. The molecule has 146 valence electrons. The monoisotopic (exact) mass is 390 g/mol. The first-order valence-corrected chi connectivity index (χ1v) is 9.13. The summed E-state index contributed by atoms with van der Waals surface area (Å²) in [7, 11) is 1.56. The molecule has 6 heteroatoms. The SMILES string of the molecule is COc1ccc(NC(=O)CCc2cccc(OC3CCCC3)c2)cc1N.Cl. The third kappa shape index (κ3) is 6.07. The number of halogens is 1. The molecule has 1 aliphatic carbocycles. The van der Waals surface area contributed by atoms with Crippen LogP contribution in [0.2, 0.25) is 0 Å². The van der Waals surface area contributed by atoms with Crippen LogP contribution in [-0.4, -0.2) is 19.1 Å². The second-order valence-electron chi connectivity index (χ2n) is 6.68. The van der Waals surface area contributed by atoms with Crippen molar-refractivity contribution in [2.24, 2.45) is 0 Å². The summed E-state index contributed by atoms with van der Waals surface area (Å²) in [4.78, 5) is 12.2. The van der Waals surface area contributed by atoms with Gasteiger partial charge in [0.05, 0.1) is 18.9 Å². The minimum atomic E-state index is -0.0447. The van der Waals surface area contributed by atoms with Gasteiger partial charge in [0.2, 0.25) is 5.91 Å². The Hall–Kier alpha value is -2.40. The van der Waals surface area contributed by atoms with E-state index in [1.807, 2.05) is 24.3 Å². The summed E-state index contributed by atoms with van der Waals surface area (Å²) in [6.07, 6.45) is 6.18. The van der Waals surface area contributed by atoms with Gasteiger partial charge >= 0.3 is 0 Å². The first-order chi connectivity index (χ1) is 12.6. The standard InChI is InChI=1S/C21H26N2O3.ClH/c1-25-20-11-10-16(14-19(20)22)23-21(24)12-9-15-5-4-8-18(13-15)26-17-6-2-3-7-17;/h4-5,8,10-11,13-14,17H,2-3,6-7,9,12,22H2,1H3,(H,23,24);1H. The zero-order valence-corrected chi connectivity index (χ0v) is 16.4. The van der Waals surface area contributed by atoms with Crippen LogP contribution >= 0.6 is 12.4 Å². The number of nitrogen functional groups attached to an aromatic ring is 1. The van der Waals surface area contributed by atoms with Gasteiger partial charge in [0.1, 0.15) is 11.5 Å². The topological polar surface area (TPSA) is 73.6 Å². The average Bonchev–Trinajstić information content (AvgIpc) is 3.13. The molecule has 3 N–H and O–H groups in total. The number of nitrogens with one attached hydrogen (secondary N) is 1. The molecule has 0 unspecified atom stereocenters. The van der Waals surface area contributed by atoms with Crippen LogP contribution < -0.4 is 20.5 Å². The minimum absolute atomic E-state index is 0. The van der Waals surface area contributed by atoms with Crippen LogP contribution in [0, 0.1) is 0 Å². The Labute approximate surface area is 166 Å². The Bertz CT molecular complexity index is 761. The number of rotatable bonds is 7. The lowest BCUT2D eigenvalue weighted by atomic mass is 10.1. The van der Waals surface area contributed by atoms with Gasteiger partial charge in [-0.1, -0.05) is 12.1 Å². The lowest BCUT2D eigenvalue weighted by Gasteiger charge is -2.14. The fraction of sp³-hybridized carbons (Fsp3) is 0.381. The van der Waals surface area contributed by atoms with Crippen LogP contribution in [0.3, 0.4) is 0 Å². The molecule has 27 heavy (non-hydrogen) atoms. The number of methoxy groups -OCH3 is 1. The molecule has 2 aromatic rings. The maximum atomic E-state index is 12.2. The number of amides is 1. The van der Waals surface area contributed by atoms with E-state index in [1.54, 1.807) is 25.3 Å². The molecule has 5 nitrogen and oxygen atoms in total. The van der Waals surface area contributed by atoms with E-state index >= 15 is 0 Å². The van der Waals surface area contributed by atoms with E-state index in [1.165, 1.54) is 12.8 Å². The van der Waals surface area contributed by atoms with Crippen molar-refractivity contribution < 1.29 is 14.3 Å². The lowest BCUT2D eigenvalue weighted by Crippen LogP contribution is -2.13. The number of ether oxygens (including phenoxy) is 2. The summed E-state index contributed by atoms with van der Waals surface area (Å²) in [6.45, 7) is 0. The van der Waals surface area contributed by atoms with Crippen LogP contribution in [0.5, 0.6) is 11.5 Å². The lowest BCUT2D eigenvalue weighted by molar-refractivity contribution is -0.116. The first kappa shape index (κ1) is 20.9. The molecular formula is C21H27ClN2O3. The van der Waals surface area contributed by atoms with Gasteiger partial charge in [0, 0.05) is 12.1 Å². The number of carbonyl (C=O) groups excluding carboxylic acids is 1. The molecule has 1 fully saturated rings. The molecule has 0 radical (unpaired) electrons. The maximum absolute atomic E-state index is 12.2. The van der Waals surface area contributed by atoms with E-state index in [0.29, 0.717) is 36.1 Å². The number of anilines is 2. The van der Waals surface area contributed by atoms with Crippen molar-refractivity contribution in [3.05, 3.63) is 48.0 Å². The second kappa shape index (κ2) is 10.1. The summed E-state index contributed by atoms with van der Waals surface area (Å²) in [5.41, 5.74) is 8.14. The molecule has 1 aliphatic rings. The summed E-state index contributed by atoms with van der Waals surface area (Å²) in [6, 6.07) is 13.3. The Kier molecular flexibility index (Phi) is 7.80. The third-order valence-electron chi connectivity index (χ3n) is 4.66. The van der Waals surface area contributed by atoms with Crippen LogP contribution in [0.1, 0.15) is 37.7 Å². The molecule has 0 saturated heterocycles. The summed E-state index contributed by atoms with van der Waals surface area (Å²) in [5.74, 6) is 1.46. The number of nitrogens with two attached hydrogens (primary N) is 1. The zero-order chi connectivity index (χ0) is 18.4. The van der Waals surface area contributed by atoms with Crippen LogP contribution in [0.25, 0.3) is 0 Å². The number of benzene rings is 2. The highest BCUT2D eigenvalue weighted by Gasteiger charge is 2.16. The molecule has 0 bridgehead atoms. The largest absolute Gasteiger partial charge is 0.495 e. The van der Waals surface area contributed by atoms with E-state index in [2.05, 4.69) is 5.32 Å². The Balaban J connectivity index is 0.00000261. The molecule has 0 aromatic heterocycles. The quantitative estimate of drug-likeness (QED) is 0.678. The van der Waals surface area contributed by atoms with Crippen molar-refractivity contribution >= 4 is 29.7 Å². The van der Waals surface area contributed by atoms with Crippen molar-refractivity contribution in [3.63, 3.8) is 0 Å². The van der Waals surface area contributed by atoms with E-state index in [-0.39, 0.29) is 18.3 Å². The average molecular weight is 391 g/mol. The van der Waals surface area contributed by atoms with Gasteiger partial charge in [-0.3, -0.25) is 4.79 Å². The Morgan fingerprint density at radius 3 is 2.67 bits per heavy atom. The van der Waals surface area contributed by atoms with E-state index in [0.717, 1.165) is 24.2 Å². The van der Waals surface area contributed by atoms with Gasteiger partial charge < -0.3 is 20.5 Å². The van der Waals surface area contributed by atoms with E-state index in [9.17, 15) is 4.79 Å². The number of hydrogen-bond donors (Lipinski definition) is 2. The van der Waals surface area contributed by atoms with Crippen molar-refractivity contribution in [2.75, 3.05) is 18.2 Å². The second-order valence-corrected chi connectivity index (χ2v) is 6.68. The van der Waals surface area contributed by atoms with Gasteiger partial charge in [0.15, 0.2) is 0 Å². The molecule has 2 aromatic carbocycles. The normalized spacial score (nSPS) is 13.7. The number of carbonyl (C=O) groups is 1. The van der Waals surface area contributed by atoms with E-state index < -0.39 is 0 Å². The highest BCUT2D eigenvalue weighted by Crippen LogP contribution is 2.26. The highest BCUT2D eigenvalue weighted by molar-refractivity contribution is 5.91. The van der Waals surface area contributed by atoms with Crippen molar-refractivity contribution in [1.29, 1.82) is 0 Å². The van der Waals surface area contributed by atoms with Crippen LogP contribution in [0.15, 0.2) is 42.5 Å². The van der Waals surface area contributed by atoms with Gasteiger partial charge in [-0.15, -0.1) is 12.4 Å². The fourth-order valence-corrected chi connectivity index (χ4v) is 3.27. The van der Waals surface area contributed by atoms with E-state index in [4.69, 9.17) is 15.2 Å². The van der Waals surface area contributed by atoms with Gasteiger partial charge in [-0.05, 0) is 68.0 Å². The van der Waals surface area contributed by atoms with Crippen molar-refractivity contribution in [2.45, 2.75) is 44.6 Å². The van der Waals surface area contributed by atoms with Crippen molar-refractivity contribution in [3.8, 4) is 11.5 Å². The summed E-state index contributed by atoms with van der Waals surface area (Å²) in [5, 5.41) is 2.87. The molecule has 1 saturated carbocycles. The number of hydrogen-bond acceptors (Lipinski definition) is 4. The molecule has 0 aliphatic heterocycles. The summed E-state index contributed by atoms with van der Waals surface area (Å²) < 4.78 is 11.1. The Morgan fingerprint density at radius 1 is 1.19 bits per heavy atom. The highest BCUT2D eigenvalue weighted by atomic mass is 35.5. The minimum Gasteiger partial charge on any atom is -0.495 e. The van der Waals surface area contributed by atoms with Crippen molar-refractivity contribution in [1.82, 2.24) is 0 Å². The molecule has 0 spiro atoms. The van der Waals surface area contributed by atoms with Crippen LogP contribution in [-0.2, 0) is 11.2 Å². The predicted molar refractivity (Wildman–Crippen MR) is 111 cm³/mol. The summed E-state index contributed by atoms with van der Waals surface area (Å²) >= 11 is 0. The maximum Gasteiger partial charge on any atom is 0.224 e. The molecule has 1 amide bonds. The molecule has 0 heterocycles. The zero-order valence-electron chi connectivity index (χ0n) is 15.6. The third-order valence-corrected chi connectivity index (χ3v) is 4.66. The smallest absolute Gasteiger partial charge is 0.224 e. The van der Waals surface area contributed by atoms with Gasteiger partial charge in [-0.2, -0.15) is 0 Å². The molecule has 0 atom stereocenters. The first-order valence-electron chi connectivity index (χ1n) is 9.13. The Morgan fingerprint density at radius 2 is 1.96 bits per heavy atom. The fourth-order valence-electron chi connectivity index (χ4n) is 3.27. The predicted octanol–water partition coefficient (Wildman–Crippen LogP) is 4.59.